The van der Waals surface area contributed by atoms with Gasteiger partial charge in [-0.15, -0.1) is 11.3 Å². The topological polar surface area (TPSA) is 49.3 Å². The molecule has 1 aromatic heterocycles. The third-order valence-corrected chi connectivity index (χ3v) is 5.45. The van der Waals surface area contributed by atoms with E-state index in [1.807, 2.05) is 0 Å². The third-order valence-electron chi connectivity index (χ3n) is 4.41. The van der Waals surface area contributed by atoms with Crippen molar-refractivity contribution in [3.8, 4) is 0 Å². The van der Waals surface area contributed by atoms with Crippen molar-refractivity contribution in [2.45, 2.75) is 71.9 Å². The van der Waals surface area contributed by atoms with Crippen molar-refractivity contribution >= 4 is 17.3 Å². The number of thiazole rings is 1. The summed E-state index contributed by atoms with van der Waals surface area (Å²) < 4.78 is 0. The second kappa shape index (κ2) is 9.13. The standard InChI is InChI=1S/C17H30N4S/c1-4-13-7-9-14(10-8-13)21-17(18-6-3)19-11-15-12-22-16(5-2)20-15/h12-14H,4-11H2,1-3H3,(H2,18,19,21). The number of aromatic nitrogens is 1. The summed E-state index contributed by atoms with van der Waals surface area (Å²) in [5.41, 5.74) is 1.08. The van der Waals surface area contributed by atoms with Crippen molar-refractivity contribution in [1.82, 2.24) is 15.6 Å². The first-order valence-electron chi connectivity index (χ1n) is 8.73. The highest BCUT2D eigenvalue weighted by atomic mass is 32.1. The van der Waals surface area contributed by atoms with Crippen LogP contribution in [0.1, 0.15) is 63.6 Å². The van der Waals surface area contributed by atoms with Gasteiger partial charge in [0.1, 0.15) is 0 Å². The summed E-state index contributed by atoms with van der Waals surface area (Å²) in [6.45, 7) is 8.12. The first-order valence-corrected chi connectivity index (χ1v) is 9.61. The number of rotatable bonds is 6. The molecule has 1 heterocycles. The van der Waals surface area contributed by atoms with Crippen LogP contribution in [0.3, 0.4) is 0 Å². The van der Waals surface area contributed by atoms with Gasteiger partial charge in [0.05, 0.1) is 17.2 Å². The molecule has 0 aromatic carbocycles. The molecule has 0 saturated heterocycles. The lowest BCUT2D eigenvalue weighted by molar-refractivity contribution is 0.304. The number of aryl methyl sites for hydroxylation is 1. The third kappa shape index (κ3) is 5.27. The number of hydrogen-bond donors (Lipinski definition) is 2. The number of nitrogens with one attached hydrogen (secondary N) is 2. The molecule has 1 saturated carbocycles. The minimum absolute atomic E-state index is 0.572. The van der Waals surface area contributed by atoms with Gasteiger partial charge in [-0.2, -0.15) is 0 Å². The fourth-order valence-electron chi connectivity index (χ4n) is 2.97. The first kappa shape index (κ1) is 17.3. The van der Waals surface area contributed by atoms with Gasteiger partial charge in [-0.25, -0.2) is 9.98 Å². The maximum Gasteiger partial charge on any atom is 0.191 e. The van der Waals surface area contributed by atoms with Crippen molar-refractivity contribution in [3.05, 3.63) is 16.1 Å². The smallest absolute Gasteiger partial charge is 0.191 e. The predicted octanol–water partition coefficient (Wildman–Crippen LogP) is 3.73. The molecule has 0 amide bonds. The molecule has 0 radical (unpaired) electrons. The lowest BCUT2D eigenvalue weighted by Crippen LogP contribution is -2.44. The van der Waals surface area contributed by atoms with Crippen LogP contribution in [0.4, 0.5) is 0 Å². The highest BCUT2D eigenvalue weighted by Gasteiger charge is 2.20. The molecule has 0 atom stereocenters. The minimum atomic E-state index is 0.572. The summed E-state index contributed by atoms with van der Waals surface area (Å²) in [6.07, 6.45) is 7.55. The number of nitrogens with zero attached hydrogens (tertiary/aromatic N) is 2. The fraction of sp³-hybridized carbons (Fsp3) is 0.765. The van der Waals surface area contributed by atoms with Crippen LogP contribution in [0.25, 0.3) is 0 Å². The summed E-state index contributed by atoms with van der Waals surface area (Å²) in [5.74, 6) is 1.87. The second-order valence-corrected chi connectivity index (χ2v) is 6.99. The van der Waals surface area contributed by atoms with Crippen molar-refractivity contribution in [2.75, 3.05) is 6.54 Å². The Morgan fingerprint density at radius 1 is 1.27 bits per heavy atom. The molecule has 5 heteroatoms. The fourth-order valence-corrected chi connectivity index (χ4v) is 3.71. The van der Waals surface area contributed by atoms with E-state index in [0.717, 1.165) is 30.5 Å². The molecule has 0 spiro atoms. The average molecular weight is 323 g/mol. The zero-order chi connectivity index (χ0) is 15.8. The normalized spacial score (nSPS) is 22.6. The maximum atomic E-state index is 4.70. The number of aliphatic imine (C=N–C) groups is 1. The Kier molecular flexibility index (Phi) is 7.16. The molecule has 22 heavy (non-hydrogen) atoms. The Hall–Kier alpha value is -1.10. The Labute approximate surface area is 138 Å². The van der Waals surface area contributed by atoms with Crippen LogP contribution >= 0.6 is 11.3 Å². The SMILES string of the molecule is CCNC(=NCc1csc(CC)n1)NC1CCC(CC)CC1. The van der Waals surface area contributed by atoms with Crippen LogP contribution in [0, 0.1) is 5.92 Å². The summed E-state index contributed by atoms with van der Waals surface area (Å²) in [5, 5.41) is 10.3. The van der Waals surface area contributed by atoms with E-state index >= 15 is 0 Å². The van der Waals surface area contributed by atoms with Crippen LogP contribution in [-0.4, -0.2) is 23.5 Å². The van der Waals surface area contributed by atoms with Gasteiger partial charge in [0, 0.05) is 18.0 Å². The van der Waals surface area contributed by atoms with E-state index in [1.165, 1.54) is 37.1 Å². The average Bonchev–Trinajstić information content (AvgIpc) is 3.01. The van der Waals surface area contributed by atoms with Gasteiger partial charge in [0.15, 0.2) is 5.96 Å². The highest BCUT2D eigenvalue weighted by Crippen LogP contribution is 2.26. The summed E-state index contributed by atoms with van der Waals surface area (Å²) in [7, 11) is 0. The summed E-state index contributed by atoms with van der Waals surface area (Å²) in [6, 6.07) is 0.572. The predicted molar refractivity (Wildman–Crippen MR) is 95.5 cm³/mol. The van der Waals surface area contributed by atoms with Gasteiger partial charge >= 0.3 is 0 Å². The van der Waals surface area contributed by atoms with Crippen LogP contribution in [0.5, 0.6) is 0 Å². The highest BCUT2D eigenvalue weighted by molar-refractivity contribution is 7.09. The Morgan fingerprint density at radius 2 is 2.05 bits per heavy atom. The molecule has 1 fully saturated rings. The van der Waals surface area contributed by atoms with E-state index in [0.29, 0.717) is 12.6 Å². The zero-order valence-electron chi connectivity index (χ0n) is 14.2. The molecule has 1 aliphatic rings. The molecule has 0 unspecified atom stereocenters. The van der Waals surface area contributed by atoms with E-state index in [4.69, 9.17) is 4.99 Å². The molecular formula is C17H30N4S. The van der Waals surface area contributed by atoms with Crippen LogP contribution in [-0.2, 0) is 13.0 Å². The number of guanidine groups is 1. The summed E-state index contributed by atoms with van der Waals surface area (Å²) >= 11 is 1.73. The largest absolute Gasteiger partial charge is 0.357 e. The molecule has 124 valence electrons. The van der Waals surface area contributed by atoms with E-state index in [1.54, 1.807) is 11.3 Å². The van der Waals surface area contributed by atoms with E-state index in [-0.39, 0.29) is 0 Å². The van der Waals surface area contributed by atoms with Gasteiger partial charge in [0.25, 0.3) is 0 Å². The van der Waals surface area contributed by atoms with Crippen molar-refractivity contribution in [3.63, 3.8) is 0 Å². The molecule has 1 aliphatic carbocycles. The molecule has 4 nitrogen and oxygen atoms in total. The Morgan fingerprint density at radius 3 is 2.64 bits per heavy atom. The molecule has 1 aromatic rings. The molecule has 2 N–H and O–H groups in total. The van der Waals surface area contributed by atoms with Gasteiger partial charge < -0.3 is 10.6 Å². The second-order valence-electron chi connectivity index (χ2n) is 6.05. The van der Waals surface area contributed by atoms with Gasteiger partial charge in [-0.05, 0) is 44.9 Å². The molecule has 0 aliphatic heterocycles. The molecule has 0 bridgehead atoms. The van der Waals surface area contributed by atoms with Crippen molar-refractivity contribution in [2.24, 2.45) is 10.9 Å². The first-order chi connectivity index (χ1) is 10.7. The summed E-state index contributed by atoms with van der Waals surface area (Å²) in [4.78, 5) is 9.29. The lowest BCUT2D eigenvalue weighted by atomic mass is 9.84. The Balaban J connectivity index is 1.87. The molecular weight excluding hydrogens is 292 g/mol. The van der Waals surface area contributed by atoms with Crippen LogP contribution < -0.4 is 10.6 Å². The van der Waals surface area contributed by atoms with Crippen molar-refractivity contribution in [1.29, 1.82) is 0 Å². The zero-order valence-corrected chi connectivity index (χ0v) is 15.0. The van der Waals surface area contributed by atoms with Crippen LogP contribution in [0.2, 0.25) is 0 Å². The monoisotopic (exact) mass is 322 g/mol. The van der Waals surface area contributed by atoms with E-state index in [9.17, 15) is 0 Å². The van der Waals surface area contributed by atoms with Crippen molar-refractivity contribution < 1.29 is 0 Å². The van der Waals surface area contributed by atoms with Gasteiger partial charge in [-0.3, -0.25) is 0 Å². The van der Waals surface area contributed by atoms with Crippen LogP contribution in [0.15, 0.2) is 10.4 Å². The Bertz CT molecular complexity index is 461. The lowest BCUT2D eigenvalue weighted by Gasteiger charge is -2.29. The minimum Gasteiger partial charge on any atom is -0.357 e. The van der Waals surface area contributed by atoms with Gasteiger partial charge in [-0.1, -0.05) is 20.3 Å². The molecule has 2 rings (SSSR count). The number of hydrogen-bond acceptors (Lipinski definition) is 3. The maximum absolute atomic E-state index is 4.70. The van der Waals surface area contributed by atoms with E-state index in [2.05, 4.69) is 41.8 Å². The van der Waals surface area contributed by atoms with E-state index < -0.39 is 0 Å². The quantitative estimate of drug-likeness (QED) is 0.620. The van der Waals surface area contributed by atoms with Gasteiger partial charge in [0.2, 0.25) is 0 Å².